The molecule has 0 saturated carbocycles. The number of aliphatic hydroxyl groups is 1. The molecule has 2 aromatic carbocycles. The zero-order chi connectivity index (χ0) is 21.0. The monoisotopic (exact) mass is 430 g/mol. The third-order valence-corrected chi connectivity index (χ3v) is 8.14. The summed E-state index contributed by atoms with van der Waals surface area (Å²) in [5.41, 5.74) is 6.86. The molecule has 1 saturated heterocycles. The number of hydrogen-bond donors (Lipinski definition) is 1. The van der Waals surface area contributed by atoms with Crippen LogP contribution in [0.4, 0.5) is 0 Å². The van der Waals surface area contributed by atoms with Gasteiger partial charge in [-0.3, -0.25) is 4.98 Å². The van der Waals surface area contributed by atoms with Gasteiger partial charge in [0.15, 0.2) is 0 Å². The van der Waals surface area contributed by atoms with E-state index in [0.29, 0.717) is 11.8 Å². The fraction of sp³-hybridized carbons (Fsp3) is 0.370. The van der Waals surface area contributed by atoms with E-state index < -0.39 is 6.10 Å². The topological polar surface area (TPSA) is 36.4 Å². The third-order valence-electron chi connectivity index (χ3n) is 7.91. The minimum Gasteiger partial charge on any atom is -0.388 e. The molecule has 0 spiro atoms. The molecule has 0 amide bonds. The van der Waals surface area contributed by atoms with Crippen LogP contribution in [0.5, 0.6) is 0 Å². The third kappa shape index (κ3) is 3.06. The molecule has 3 aliphatic rings. The largest absolute Gasteiger partial charge is 0.388 e. The molecule has 3 aromatic rings. The summed E-state index contributed by atoms with van der Waals surface area (Å²) in [4.78, 5) is 6.79. The summed E-state index contributed by atoms with van der Waals surface area (Å²) in [5.74, 6) is 0.792. The van der Waals surface area contributed by atoms with Gasteiger partial charge in [-0.1, -0.05) is 48.0 Å². The molecule has 2 aliphatic carbocycles. The molecule has 1 fully saturated rings. The molecule has 3 nitrogen and oxygen atoms in total. The molecule has 2 bridgehead atoms. The lowest BCUT2D eigenvalue weighted by molar-refractivity contribution is 0.0538. The van der Waals surface area contributed by atoms with Crippen LogP contribution in [0.15, 0.2) is 67.0 Å². The highest BCUT2D eigenvalue weighted by atomic mass is 35.5. The van der Waals surface area contributed by atoms with Crippen molar-refractivity contribution in [2.24, 2.45) is 5.92 Å². The van der Waals surface area contributed by atoms with E-state index in [1.807, 2.05) is 18.2 Å². The first-order chi connectivity index (χ1) is 15.2. The van der Waals surface area contributed by atoms with E-state index in [9.17, 15) is 5.11 Å². The molecule has 1 N–H and O–H groups in total. The number of aromatic nitrogens is 1. The number of hydrogen-bond acceptors (Lipinski definition) is 3. The van der Waals surface area contributed by atoms with Crippen molar-refractivity contribution in [2.45, 2.75) is 36.7 Å². The quantitative estimate of drug-likeness (QED) is 0.608. The van der Waals surface area contributed by atoms with Gasteiger partial charge in [-0.25, -0.2) is 0 Å². The maximum absolute atomic E-state index is 10.8. The molecule has 0 unspecified atom stereocenters. The maximum Gasteiger partial charge on any atom is 0.0833 e. The van der Waals surface area contributed by atoms with Crippen molar-refractivity contribution in [3.05, 3.63) is 99.8 Å². The Morgan fingerprint density at radius 2 is 1.84 bits per heavy atom. The van der Waals surface area contributed by atoms with Gasteiger partial charge in [0.05, 0.1) is 6.10 Å². The van der Waals surface area contributed by atoms with Crippen LogP contribution >= 0.6 is 11.6 Å². The average molecular weight is 431 g/mol. The second-order valence-electron chi connectivity index (χ2n) is 9.50. The molecule has 158 valence electrons. The lowest BCUT2D eigenvalue weighted by atomic mass is 9.74. The van der Waals surface area contributed by atoms with Crippen molar-refractivity contribution in [1.82, 2.24) is 9.88 Å². The van der Waals surface area contributed by atoms with E-state index in [-0.39, 0.29) is 5.41 Å². The average Bonchev–Trinajstić information content (AvgIpc) is 3.31. The number of fused-ring (bicyclic) bond motifs is 8. The smallest absolute Gasteiger partial charge is 0.0833 e. The van der Waals surface area contributed by atoms with Gasteiger partial charge in [-0.05, 0) is 84.3 Å². The Kier molecular flexibility index (Phi) is 4.68. The number of rotatable bonds is 4. The van der Waals surface area contributed by atoms with Crippen LogP contribution in [0.3, 0.4) is 0 Å². The van der Waals surface area contributed by atoms with E-state index in [2.05, 4.69) is 46.3 Å². The normalized spacial score (nSPS) is 25.9. The molecule has 0 radical (unpaired) electrons. The van der Waals surface area contributed by atoms with E-state index in [1.54, 1.807) is 12.4 Å². The molecular formula is C27H27ClN2O. The number of benzene rings is 2. The van der Waals surface area contributed by atoms with Gasteiger partial charge in [0.25, 0.3) is 0 Å². The molecular weight excluding hydrogens is 404 g/mol. The second kappa shape index (κ2) is 7.44. The Hall–Kier alpha value is -2.20. The van der Waals surface area contributed by atoms with Crippen LogP contribution in [0.1, 0.15) is 59.1 Å². The summed E-state index contributed by atoms with van der Waals surface area (Å²) in [6.45, 7) is 3.07. The Labute approximate surface area is 188 Å². The summed E-state index contributed by atoms with van der Waals surface area (Å²) >= 11 is 6.46. The van der Waals surface area contributed by atoms with Crippen LogP contribution in [0.2, 0.25) is 5.02 Å². The first kappa shape index (κ1) is 19.5. The molecule has 3 atom stereocenters. The van der Waals surface area contributed by atoms with Gasteiger partial charge in [-0.15, -0.1) is 0 Å². The van der Waals surface area contributed by atoms with Crippen LogP contribution in [0.25, 0.3) is 0 Å². The van der Waals surface area contributed by atoms with E-state index in [0.717, 1.165) is 49.5 Å². The lowest BCUT2D eigenvalue weighted by Crippen LogP contribution is -2.44. The number of nitrogens with zero attached hydrogens (tertiary/aromatic N) is 2. The number of likely N-dealkylation sites (tertiary alicyclic amines) is 1. The van der Waals surface area contributed by atoms with Gasteiger partial charge >= 0.3 is 0 Å². The van der Waals surface area contributed by atoms with Crippen molar-refractivity contribution in [2.75, 3.05) is 19.6 Å². The van der Waals surface area contributed by atoms with Crippen molar-refractivity contribution in [3.63, 3.8) is 0 Å². The van der Waals surface area contributed by atoms with E-state index >= 15 is 0 Å². The predicted molar refractivity (Wildman–Crippen MR) is 123 cm³/mol. The van der Waals surface area contributed by atoms with Gasteiger partial charge in [-0.2, -0.15) is 0 Å². The van der Waals surface area contributed by atoms with Crippen LogP contribution in [0, 0.1) is 5.92 Å². The Morgan fingerprint density at radius 3 is 2.65 bits per heavy atom. The van der Waals surface area contributed by atoms with Crippen LogP contribution in [-0.2, 0) is 5.41 Å². The standard InChI is InChI=1S/C27H27ClN2O/c28-20-7-8-22-23-15-27(25(22)14-20,24-6-2-1-5-21(23)24)17-30-12-9-18(10-13-30)26(31)19-4-3-11-29-16-19/h1-8,11,14,16,18,23,26,31H,9-10,12-13,15,17H2/t23-,26+,27-/m1/s1. The fourth-order valence-corrected chi connectivity index (χ4v) is 6.62. The maximum atomic E-state index is 10.8. The Morgan fingerprint density at radius 1 is 1.03 bits per heavy atom. The van der Waals surface area contributed by atoms with E-state index in [1.165, 1.54) is 22.3 Å². The zero-order valence-corrected chi connectivity index (χ0v) is 18.3. The molecule has 4 heteroatoms. The predicted octanol–water partition coefficient (Wildman–Crippen LogP) is 5.32. The van der Waals surface area contributed by atoms with Gasteiger partial charge in [0, 0.05) is 35.3 Å². The number of aliphatic hydroxyl groups excluding tert-OH is 1. The minimum absolute atomic E-state index is 0.0380. The first-order valence-corrected chi connectivity index (χ1v) is 11.7. The molecule has 1 aliphatic heterocycles. The summed E-state index contributed by atoms with van der Waals surface area (Å²) in [5, 5.41) is 11.7. The Balaban J connectivity index is 1.25. The fourth-order valence-electron chi connectivity index (χ4n) is 6.45. The summed E-state index contributed by atoms with van der Waals surface area (Å²) in [7, 11) is 0. The molecule has 2 heterocycles. The van der Waals surface area contributed by atoms with Crippen LogP contribution in [-0.4, -0.2) is 34.6 Å². The SMILES string of the molecule is O[C@H](c1cccnc1)C1CCN(C[C@]23C[C@H](c4ccccc42)c2ccc(Cl)cc23)CC1. The van der Waals surface area contributed by atoms with Crippen molar-refractivity contribution in [3.8, 4) is 0 Å². The second-order valence-corrected chi connectivity index (χ2v) is 9.94. The minimum atomic E-state index is -0.420. The summed E-state index contributed by atoms with van der Waals surface area (Å²) in [6, 6.07) is 19.4. The van der Waals surface area contributed by atoms with Gasteiger partial charge in [0.2, 0.25) is 0 Å². The van der Waals surface area contributed by atoms with Crippen molar-refractivity contribution >= 4 is 11.6 Å². The molecule has 6 rings (SSSR count). The summed E-state index contributed by atoms with van der Waals surface area (Å²) < 4.78 is 0. The highest BCUT2D eigenvalue weighted by Crippen LogP contribution is 2.60. The Bertz CT molecular complexity index is 1110. The highest BCUT2D eigenvalue weighted by molar-refractivity contribution is 6.30. The summed E-state index contributed by atoms with van der Waals surface area (Å²) in [6.07, 6.45) is 6.32. The lowest BCUT2D eigenvalue weighted by Gasteiger charge is -2.40. The highest BCUT2D eigenvalue weighted by Gasteiger charge is 2.53. The number of pyridine rings is 1. The van der Waals surface area contributed by atoms with Crippen molar-refractivity contribution < 1.29 is 5.11 Å². The first-order valence-electron chi connectivity index (χ1n) is 11.4. The number of halogens is 1. The van der Waals surface area contributed by atoms with Gasteiger partial charge in [0.1, 0.15) is 0 Å². The molecule has 1 aromatic heterocycles. The van der Waals surface area contributed by atoms with Gasteiger partial charge < -0.3 is 10.0 Å². The van der Waals surface area contributed by atoms with Crippen molar-refractivity contribution in [1.29, 1.82) is 0 Å². The zero-order valence-electron chi connectivity index (χ0n) is 17.5. The number of piperidine rings is 1. The molecule has 31 heavy (non-hydrogen) atoms. The van der Waals surface area contributed by atoms with Crippen LogP contribution < -0.4 is 0 Å². The van der Waals surface area contributed by atoms with E-state index in [4.69, 9.17) is 11.6 Å².